The maximum atomic E-state index is 13.1. The zero-order valence-electron chi connectivity index (χ0n) is 13.8. The Morgan fingerprint density at radius 1 is 1.16 bits per heavy atom. The van der Waals surface area contributed by atoms with Gasteiger partial charge in [-0.1, -0.05) is 18.6 Å². The quantitative estimate of drug-likeness (QED) is 0.909. The van der Waals surface area contributed by atoms with Crippen LogP contribution in [0.1, 0.15) is 29.6 Å². The van der Waals surface area contributed by atoms with Crippen molar-refractivity contribution in [3.05, 3.63) is 42.4 Å². The highest BCUT2D eigenvalue weighted by Gasteiger charge is 2.31. The van der Waals surface area contributed by atoms with Crippen molar-refractivity contribution >= 4 is 29.0 Å². The molecular formula is C18H19N5O2. The van der Waals surface area contributed by atoms with Gasteiger partial charge in [0, 0.05) is 6.20 Å². The van der Waals surface area contributed by atoms with Crippen LogP contribution in [0.4, 0.5) is 17.2 Å². The molecule has 0 saturated carbocycles. The molecule has 25 heavy (non-hydrogen) atoms. The number of nitrogens with one attached hydrogen (secondary N) is 1. The molecule has 0 atom stereocenters. The first-order chi connectivity index (χ1) is 12.2. The second-order valence-corrected chi connectivity index (χ2v) is 6.30. The van der Waals surface area contributed by atoms with Crippen LogP contribution in [0.5, 0.6) is 0 Å². The molecule has 2 aliphatic heterocycles. The van der Waals surface area contributed by atoms with Gasteiger partial charge in [-0.15, -0.1) is 0 Å². The molecular weight excluding hydrogens is 318 g/mol. The normalized spacial score (nSPS) is 17.3. The number of anilines is 3. The molecule has 2 amide bonds. The molecule has 1 saturated heterocycles. The fraction of sp³-hybridized carbons (Fsp3) is 0.333. The molecule has 1 fully saturated rings. The predicted molar refractivity (Wildman–Crippen MR) is 93.9 cm³/mol. The number of amides is 2. The van der Waals surface area contributed by atoms with Crippen molar-refractivity contribution in [2.75, 3.05) is 29.9 Å². The average molecular weight is 337 g/mol. The first-order valence-electron chi connectivity index (χ1n) is 8.50. The summed E-state index contributed by atoms with van der Waals surface area (Å²) in [5, 5.41) is 2.84. The molecule has 2 aromatic rings. The number of carbonyl (C=O) groups is 2. The highest BCUT2D eigenvalue weighted by atomic mass is 16.2. The van der Waals surface area contributed by atoms with Crippen LogP contribution in [0.3, 0.4) is 0 Å². The smallest absolute Gasteiger partial charge is 0.261 e. The summed E-state index contributed by atoms with van der Waals surface area (Å²) in [6.07, 6.45) is 6.25. The Morgan fingerprint density at radius 2 is 1.96 bits per heavy atom. The van der Waals surface area contributed by atoms with E-state index >= 15 is 0 Å². The van der Waals surface area contributed by atoms with Crippen LogP contribution in [0, 0.1) is 0 Å². The highest BCUT2D eigenvalue weighted by molar-refractivity contribution is 6.17. The van der Waals surface area contributed by atoms with Crippen LogP contribution in [0.15, 0.2) is 36.8 Å². The van der Waals surface area contributed by atoms with Gasteiger partial charge in [0.25, 0.3) is 5.91 Å². The summed E-state index contributed by atoms with van der Waals surface area (Å²) in [4.78, 5) is 37.5. The largest absolute Gasteiger partial charge is 0.320 e. The van der Waals surface area contributed by atoms with Crippen LogP contribution in [-0.2, 0) is 4.79 Å². The number of aromatic nitrogens is 2. The lowest BCUT2D eigenvalue weighted by atomic mass is 10.1. The molecule has 0 bridgehead atoms. The lowest BCUT2D eigenvalue weighted by Gasteiger charge is -2.29. The molecule has 1 N–H and O–H groups in total. The number of carbonyl (C=O) groups excluding carboxylic acids is 2. The number of likely N-dealkylation sites (tertiary alicyclic amines) is 1. The third-order valence-corrected chi connectivity index (χ3v) is 4.60. The van der Waals surface area contributed by atoms with Crippen molar-refractivity contribution in [2.45, 2.75) is 19.3 Å². The van der Waals surface area contributed by atoms with E-state index in [2.05, 4.69) is 20.2 Å². The molecule has 4 rings (SSSR count). The van der Waals surface area contributed by atoms with Crippen molar-refractivity contribution in [1.82, 2.24) is 14.9 Å². The minimum Gasteiger partial charge on any atom is -0.320 e. The third kappa shape index (κ3) is 2.98. The number of rotatable bonds is 2. The third-order valence-electron chi connectivity index (χ3n) is 4.60. The fourth-order valence-electron chi connectivity index (χ4n) is 3.37. The van der Waals surface area contributed by atoms with E-state index in [0.29, 0.717) is 29.3 Å². The number of nitrogens with zero attached hydrogens (tertiary/aromatic N) is 4. The Kier molecular flexibility index (Phi) is 4.15. The summed E-state index contributed by atoms with van der Waals surface area (Å²) < 4.78 is 0. The van der Waals surface area contributed by atoms with Gasteiger partial charge in [-0.25, -0.2) is 9.97 Å². The standard InChI is InChI=1S/C18H19N5O2/c24-16(11-22-8-4-1-5-9-22)23-15-7-3-2-6-14(15)21-18(25)13-10-19-12-20-17(13)23/h2-3,6-7,10,12H,1,4-5,8-9,11H2,(H,21,25). The van der Waals surface area contributed by atoms with Crippen LogP contribution in [-0.4, -0.2) is 46.3 Å². The zero-order valence-corrected chi connectivity index (χ0v) is 13.8. The maximum Gasteiger partial charge on any atom is 0.261 e. The molecule has 3 heterocycles. The summed E-state index contributed by atoms with van der Waals surface area (Å²) >= 11 is 0. The average Bonchev–Trinajstić information content (AvgIpc) is 2.76. The van der Waals surface area contributed by atoms with Gasteiger partial charge in [0.15, 0.2) is 5.82 Å². The van der Waals surface area contributed by atoms with Crippen molar-refractivity contribution in [2.24, 2.45) is 0 Å². The van der Waals surface area contributed by atoms with Crippen LogP contribution >= 0.6 is 0 Å². The molecule has 7 heteroatoms. The van der Waals surface area contributed by atoms with Gasteiger partial charge in [-0.3, -0.25) is 19.4 Å². The SMILES string of the molecule is O=C1Nc2ccccc2N(C(=O)CN2CCCCC2)c2ncncc21. The zero-order chi connectivity index (χ0) is 17.2. The van der Waals surface area contributed by atoms with Gasteiger partial charge in [0.1, 0.15) is 11.9 Å². The Hall–Kier alpha value is -2.80. The molecule has 7 nitrogen and oxygen atoms in total. The van der Waals surface area contributed by atoms with Crippen molar-refractivity contribution < 1.29 is 9.59 Å². The predicted octanol–water partition coefficient (Wildman–Crippen LogP) is 2.19. The number of piperidine rings is 1. The Balaban J connectivity index is 1.75. The molecule has 0 unspecified atom stereocenters. The second kappa shape index (κ2) is 6.60. The summed E-state index contributed by atoms with van der Waals surface area (Å²) in [6, 6.07) is 7.28. The van der Waals surface area contributed by atoms with Crippen LogP contribution in [0.25, 0.3) is 0 Å². The first-order valence-corrected chi connectivity index (χ1v) is 8.50. The number of hydrogen-bond donors (Lipinski definition) is 1. The Labute approximate surface area is 145 Å². The van der Waals surface area contributed by atoms with Gasteiger partial charge >= 0.3 is 0 Å². The Morgan fingerprint density at radius 3 is 2.80 bits per heavy atom. The number of para-hydroxylation sites is 2. The van der Waals surface area contributed by atoms with Gasteiger partial charge in [0.05, 0.1) is 17.9 Å². The fourth-order valence-corrected chi connectivity index (χ4v) is 3.37. The molecule has 0 aliphatic carbocycles. The summed E-state index contributed by atoms with van der Waals surface area (Å²) in [5.41, 5.74) is 1.53. The second-order valence-electron chi connectivity index (χ2n) is 6.30. The van der Waals surface area contributed by atoms with Gasteiger partial charge in [0.2, 0.25) is 5.91 Å². The summed E-state index contributed by atoms with van der Waals surface area (Å²) in [5.74, 6) is -0.0680. The highest BCUT2D eigenvalue weighted by Crippen LogP contribution is 2.36. The van der Waals surface area contributed by atoms with E-state index in [-0.39, 0.29) is 11.8 Å². The van der Waals surface area contributed by atoms with Gasteiger partial charge < -0.3 is 5.32 Å². The minimum absolute atomic E-state index is 0.0919. The van der Waals surface area contributed by atoms with Crippen LogP contribution in [0.2, 0.25) is 0 Å². The topological polar surface area (TPSA) is 78.4 Å². The Bertz CT molecular complexity index is 817. The lowest BCUT2D eigenvalue weighted by molar-refractivity contribution is -0.119. The van der Waals surface area contributed by atoms with Gasteiger partial charge in [-0.05, 0) is 38.1 Å². The van der Waals surface area contributed by atoms with Gasteiger partial charge in [-0.2, -0.15) is 0 Å². The number of benzene rings is 1. The monoisotopic (exact) mass is 337 g/mol. The first kappa shape index (κ1) is 15.7. The van der Waals surface area contributed by atoms with Crippen LogP contribution < -0.4 is 10.2 Å². The van der Waals surface area contributed by atoms with E-state index < -0.39 is 0 Å². The molecule has 1 aromatic heterocycles. The van der Waals surface area contributed by atoms with Crippen molar-refractivity contribution in [1.29, 1.82) is 0 Å². The minimum atomic E-state index is -0.309. The van der Waals surface area contributed by atoms with E-state index in [9.17, 15) is 9.59 Å². The molecule has 0 radical (unpaired) electrons. The van der Waals surface area contributed by atoms with E-state index in [1.165, 1.54) is 18.9 Å². The number of fused-ring (bicyclic) bond motifs is 2. The van der Waals surface area contributed by atoms with Crippen molar-refractivity contribution in [3.8, 4) is 0 Å². The molecule has 2 aliphatic rings. The van der Waals surface area contributed by atoms with E-state index in [0.717, 1.165) is 25.9 Å². The van der Waals surface area contributed by atoms with E-state index in [1.54, 1.807) is 11.0 Å². The lowest BCUT2D eigenvalue weighted by Crippen LogP contribution is -2.41. The molecule has 128 valence electrons. The number of hydrogen-bond acceptors (Lipinski definition) is 5. The molecule has 0 spiro atoms. The van der Waals surface area contributed by atoms with Crippen molar-refractivity contribution in [3.63, 3.8) is 0 Å². The summed E-state index contributed by atoms with van der Waals surface area (Å²) in [6.45, 7) is 2.16. The van der Waals surface area contributed by atoms with E-state index in [1.807, 2.05) is 18.2 Å². The molecule has 1 aromatic carbocycles. The summed E-state index contributed by atoms with van der Waals surface area (Å²) in [7, 11) is 0. The van der Waals surface area contributed by atoms with E-state index in [4.69, 9.17) is 0 Å². The maximum absolute atomic E-state index is 13.1.